The standard InChI is InChI=1S/C13H15ClFNO4S/c1-8-5-10(21(14,18)19)6-11(12(8)15)13(17)16-7-9-3-2-4-20-9/h5-6,9H,2-4,7H2,1H3,(H,16,17). The molecule has 0 bridgehead atoms. The topological polar surface area (TPSA) is 72.5 Å². The molecule has 1 amide bonds. The number of halogens is 2. The van der Waals surface area contributed by atoms with Crippen LogP contribution in [0.3, 0.4) is 0 Å². The van der Waals surface area contributed by atoms with E-state index in [-0.39, 0.29) is 28.7 Å². The molecule has 2 rings (SSSR count). The van der Waals surface area contributed by atoms with Crippen molar-refractivity contribution in [2.75, 3.05) is 13.2 Å². The van der Waals surface area contributed by atoms with Crippen molar-refractivity contribution in [1.29, 1.82) is 0 Å². The summed E-state index contributed by atoms with van der Waals surface area (Å²) in [6.07, 6.45) is 1.67. The van der Waals surface area contributed by atoms with Gasteiger partial charge in [0.15, 0.2) is 0 Å². The van der Waals surface area contributed by atoms with Crippen LogP contribution >= 0.6 is 10.7 Å². The van der Waals surface area contributed by atoms with E-state index < -0.39 is 20.8 Å². The van der Waals surface area contributed by atoms with Crippen LogP contribution in [-0.4, -0.2) is 33.6 Å². The molecule has 1 N–H and O–H groups in total. The molecule has 1 atom stereocenters. The lowest BCUT2D eigenvalue weighted by Gasteiger charge is -2.12. The summed E-state index contributed by atoms with van der Waals surface area (Å²) < 4.78 is 42.0. The van der Waals surface area contributed by atoms with Gasteiger partial charge in [-0.25, -0.2) is 12.8 Å². The maximum Gasteiger partial charge on any atom is 0.261 e. The monoisotopic (exact) mass is 335 g/mol. The minimum atomic E-state index is -4.03. The Morgan fingerprint density at radius 1 is 1.52 bits per heavy atom. The van der Waals surface area contributed by atoms with Gasteiger partial charge >= 0.3 is 0 Å². The molecular weight excluding hydrogens is 321 g/mol. The fourth-order valence-electron chi connectivity index (χ4n) is 2.15. The molecule has 1 saturated heterocycles. The summed E-state index contributed by atoms with van der Waals surface area (Å²) in [5.41, 5.74) is -0.300. The third kappa shape index (κ3) is 3.93. The highest BCUT2D eigenvalue weighted by molar-refractivity contribution is 8.13. The maximum atomic E-state index is 14.0. The molecule has 1 aromatic carbocycles. The zero-order valence-corrected chi connectivity index (χ0v) is 12.9. The van der Waals surface area contributed by atoms with Crippen molar-refractivity contribution >= 4 is 25.6 Å². The summed E-state index contributed by atoms with van der Waals surface area (Å²) in [4.78, 5) is 11.7. The lowest BCUT2D eigenvalue weighted by molar-refractivity contribution is 0.0854. The minimum Gasteiger partial charge on any atom is -0.376 e. The zero-order chi connectivity index (χ0) is 15.6. The Morgan fingerprint density at radius 2 is 2.24 bits per heavy atom. The van der Waals surface area contributed by atoms with E-state index in [0.29, 0.717) is 6.61 Å². The van der Waals surface area contributed by atoms with E-state index in [1.807, 2.05) is 0 Å². The van der Waals surface area contributed by atoms with E-state index in [9.17, 15) is 17.6 Å². The second-order valence-corrected chi connectivity index (χ2v) is 7.45. The number of carbonyl (C=O) groups excluding carboxylic acids is 1. The van der Waals surface area contributed by atoms with Gasteiger partial charge in [-0.1, -0.05) is 0 Å². The molecule has 1 heterocycles. The fraction of sp³-hybridized carbons (Fsp3) is 0.462. The average molecular weight is 336 g/mol. The molecule has 0 saturated carbocycles. The third-order valence-corrected chi connectivity index (χ3v) is 4.60. The van der Waals surface area contributed by atoms with Crippen molar-refractivity contribution in [2.24, 2.45) is 0 Å². The van der Waals surface area contributed by atoms with Gasteiger partial charge in [0.1, 0.15) is 5.82 Å². The van der Waals surface area contributed by atoms with Crippen molar-refractivity contribution < 1.29 is 22.3 Å². The molecule has 1 unspecified atom stereocenters. The van der Waals surface area contributed by atoms with Crippen LogP contribution in [0, 0.1) is 12.7 Å². The number of rotatable bonds is 4. The van der Waals surface area contributed by atoms with E-state index >= 15 is 0 Å². The molecule has 0 spiro atoms. The number of ether oxygens (including phenoxy) is 1. The Kier molecular flexibility index (Phi) is 4.85. The van der Waals surface area contributed by atoms with Gasteiger partial charge in [-0.3, -0.25) is 4.79 Å². The molecule has 0 radical (unpaired) electrons. The summed E-state index contributed by atoms with van der Waals surface area (Å²) in [6.45, 7) is 2.28. The SMILES string of the molecule is Cc1cc(S(=O)(=O)Cl)cc(C(=O)NCC2CCCO2)c1F. The maximum absolute atomic E-state index is 14.0. The van der Waals surface area contributed by atoms with Crippen LogP contribution in [0.5, 0.6) is 0 Å². The number of aryl methyl sites for hydroxylation is 1. The van der Waals surface area contributed by atoms with Crippen LogP contribution in [0.25, 0.3) is 0 Å². The molecule has 0 aliphatic carbocycles. The second-order valence-electron chi connectivity index (χ2n) is 4.88. The highest BCUT2D eigenvalue weighted by Crippen LogP contribution is 2.22. The van der Waals surface area contributed by atoms with Gasteiger partial charge in [0, 0.05) is 23.8 Å². The van der Waals surface area contributed by atoms with E-state index in [1.165, 1.54) is 6.92 Å². The molecule has 116 valence electrons. The molecule has 5 nitrogen and oxygen atoms in total. The normalized spacial score (nSPS) is 18.7. The summed E-state index contributed by atoms with van der Waals surface area (Å²) in [5, 5.41) is 2.55. The van der Waals surface area contributed by atoms with Crippen molar-refractivity contribution in [1.82, 2.24) is 5.32 Å². The highest BCUT2D eigenvalue weighted by atomic mass is 35.7. The van der Waals surface area contributed by atoms with E-state index in [1.54, 1.807) is 0 Å². The molecule has 1 aliphatic rings. The summed E-state index contributed by atoms with van der Waals surface area (Å²) >= 11 is 0. The molecule has 21 heavy (non-hydrogen) atoms. The number of nitrogens with one attached hydrogen (secondary N) is 1. The third-order valence-electron chi connectivity index (χ3n) is 3.27. The first kappa shape index (κ1) is 16.2. The second kappa shape index (κ2) is 6.29. The molecule has 8 heteroatoms. The first-order chi connectivity index (χ1) is 9.79. The van der Waals surface area contributed by atoms with Crippen LogP contribution in [-0.2, 0) is 13.8 Å². The first-order valence-corrected chi connectivity index (χ1v) is 8.74. The Labute approximate surface area is 126 Å². The van der Waals surface area contributed by atoms with E-state index in [0.717, 1.165) is 25.0 Å². The van der Waals surface area contributed by atoms with Gasteiger partial charge in [-0.15, -0.1) is 0 Å². The fourth-order valence-corrected chi connectivity index (χ4v) is 2.99. The van der Waals surface area contributed by atoms with Gasteiger partial charge in [0.05, 0.1) is 16.6 Å². The van der Waals surface area contributed by atoms with Gasteiger partial charge in [-0.2, -0.15) is 0 Å². The van der Waals surface area contributed by atoms with Gasteiger partial charge in [-0.05, 0) is 37.5 Å². The lowest BCUT2D eigenvalue weighted by atomic mass is 10.1. The number of hydrogen-bond acceptors (Lipinski definition) is 4. The van der Waals surface area contributed by atoms with Gasteiger partial charge < -0.3 is 10.1 Å². The quantitative estimate of drug-likeness (QED) is 0.854. The number of amides is 1. The van der Waals surface area contributed by atoms with Crippen molar-refractivity contribution in [3.63, 3.8) is 0 Å². The first-order valence-electron chi connectivity index (χ1n) is 6.43. The van der Waals surface area contributed by atoms with Gasteiger partial charge in [0.2, 0.25) is 0 Å². The van der Waals surface area contributed by atoms with Crippen LogP contribution in [0.2, 0.25) is 0 Å². The minimum absolute atomic E-state index is 0.0407. The van der Waals surface area contributed by atoms with E-state index in [4.69, 9.17) is 15.4 Å². The van der Waals surface area contributed by atoms with Crippen LogP contribution in [0.15, 0.2) is 17.0 Å². The molecule has 1 fully saturated rings. The summed E-state index contributed by atoms with van der Waals surface area (Å²) in [5.74, 6) is -1.45. The summed E-state index contributed by atoms with van der Waals surface area (Å²) in [7, 11) is 1.21. The van der Waals surface area contributed by atoms with Crippen molar-refractivity contribution in [3.05, 3.63) is 29.1 Å². The number of carbonyl (C=O) groups is 1. The van der Waals surface area contributed by atoms with Crippen LogP contribution < -0.4 is 5.32 Å². The molecule has 1 aliphatic heterocycles. The number of benzene rings is 1. The molecule has 0 aromatic heterocycles. The van der Waals surface area contributed by atoms with E-state index in [2.05, 4.69) is 5.32 Å². The van der Waals surface area contributed by atoms with Crippen molar-refractivity contribution in [2.45, 2.75) is 30.8 Å². The Balaban J connectivity index is 2.21. The zero-order valence-electron chi connectivity index (χ0n) is 11.4. The van der Waals surface area contributed by atoms with Gasteiger partial charge in [0.25, 0.3) is 15.0 Å². The highest BCUT2D eigenvalue weighted by Gasteiger charge is 2.22. The average Bonchev–Trinajstić information content (AvgIpc) is 2.91. The Bertz CT molecular complexity index is 656. The van der Waals surface area contributed by atoms with Crippen LogP contribution in [0.4, 0.5) is 4.39 Å². The smallest absolute Gasteiger partial charge is 0.261 e. The Morgan fingerprint density at radius 3 is 2.81 bits per heavy atom. The van der Waals surface area contributed by atoms with Crippen LogP contribution in [0.1, 0.15) is 28.8 Å². The molecule has 1 aromatic rings. The Hall–Kier alpha value is -1.18. The molecular formula is C13H15ClFNO4S. The predicted molar refractivity (Wildman–Crippen MR) is 75.5 cm³/mol. The van der Waals surface area contributed by atoms with Crippen molar-refractivity contribution in [3.8, 4) is 0 Å². The largest absolute Gasteiger partial charge is 0.376 e. The predicted octanol–water partition coefficient (Wildman–Crippen LogP) is 1.97. The number of hydrogen-bond donors (Lipinski definition) is 1. The summed E-state index contributed by atoms with van der Waals surface area (Å²) in [6, 6.07) is 2.03. The lowest BCUT2D eigenvalue weighted by Crippen LogP contribution is -2.32.